The van der Waals surface area contributed by atoms with Crippen molar-refractivity contribution in [3.63, 3.8) is 0 Å². The summed E-state index contributed by atoms with van der Waals surface area (Å²) in [5, 5.41) is 12.1. The average molecular weight is 266 g/mol. The van der Waals surface area contributed by atoms with Gasteiger partial charge in [0, 0.05) is 12.6 Å². The normalized spacial score (nSPS) is 27.0. The van der Waals surface area contributed by atoms with E-state index in [1.54, 1.807) is 6.92 Å². The van der Waals surface area contributed by atoms with E-state index in [0.717, 1.165) is 13.0 Å². The van der Waals surface area contributed by atoms with Gasteiger partial charge in [0.25, 0.3) is 0 Å². The van der Waals surface area contributed by atoms with Crippen molar-refractivity contribution in [2.75, 3.05) is 19.6 Å². The molecule has 1 saturated heterocycles. The minimum absolute atomic E-state index is 0.0780. The third-order valence-corrected chi connectivity index (χ3v) is 4.26. The summed E-state index contributed by atoms with van der Waals surface area (Å²) in [7, 11) is 0. The highest BCUT2D eigenvalue weighted by Crippen LogP contribution is 2.22. The SMILES string of the molecule is CC1CC(CN)CN1CC(=O)NC(C)(C#N)C(C)C. The van der Waals surface area contributed by atoms with E-state index in [-0.39, 0.29) is 11.8 Å². The number of hydrogen-bond donors (Lipinski definition) is 2. The van der Waals surface area contributed by atoms with Crippen molar-refractivity contribution in [3.05, 3.63) is 0 Å². The number of amides is 1. The van der Waals surface area contributed by atoms with Gasteiger partial charge in [-0.3, -0.25) is 9.69 Å². The molecule has 1 amide bonds. The number of rotatable bonds is 5. The fourth-order valence-corrected chi connectivity index (χ4v) is 2.42. The summed E-state index contributed by atoms with van der Waals surface area (Å²) in [5.74, 6) is 0.478. The van der Waals surface area contributed by atoms with Gasteiger partial charge in [-0.1, -0.05) is 13.8 Å². The maximum Gasteiger partial charge on any atom is 0.235 e. The van der Waals surface area contributed by atoms with Crippen LogP contribution in [-0.4, -0.2) is 42.0 Å². The van der Waals surface area contributed by atoms with Gasteiger partial charge in [-0.25, -0.2) is 0 Å². The Kier molecular flexibility index (Phi) is 5.33. The fraction of sp³-hybridized carbons (Fsp3) is 0.857. The number of likely N-dealkylation sites (tertiary alicyclic amines) is 1. The quantitative estimate of drug-likeness (QED) is 0.768. The smallest absolute Gasteiger partial charge is 0.235 e. The molecular weight excluding hydrogens is 240 g/mol. The molecule has 1 rings (SSSR count). The van der Waals surface area contributed by atoms with Gasteiger partial charge in [-0.05, 0) is 38.6 Å². The van der Waals surface area contributed by atoms with Crippen LogP contribution in [0.1, 0.15) is 34.1 Å². The molecule has 1 aliphatic rings. The Balaban J connectivity index is 2.55. The standard InChI is InChI=1S/C14H26N4O/c1-10(2)14(4,9-16)17-13(19)8-18-7-12(6-15)5-11(18)3/h10-12H,5-8,15H2,1-4H3,(H,17,19). The molecule has 0 aromatic heterocycles. The van der Waals surface area contributed by atoms with Crippen molar-refractivity contribution in [3.8, 4) is 6.07 Å². The Morgan fingerprint density at radius 1 is 1.63 bits per heavy atom. The second-order valence-corrected chi connectivity index (χ2v) is 6.13. The summed E-state index contributed by atoms with van der Waals surface area (Å²) in [4.78, 5) is 14.2. The first-order valence-electron chi connectivity index (χ1n) is 6.98. The van der Waals surface area contributed by atoms with Crippen molar-refractivity contribution in [2.45, 2.75) is 45.7 Å². The molecule has 1 heterocycles. The minimum atomic E-state index is -0.798. The van der Waals surface area contributed by atoms with Crippen LogP contribution in [0.15, 0.2) is 0 Å². The van der Waals surface area contributed by atoms with E-state index in [2.05, 4.69) is 23.2 Å². The van der Waals surface area contributed by atoms with Gasteiger partial charge in [0.15, 0.2) is 0 Å². The highest BCUT2D eigenvalue weighted by Gasteiger charge is 2.33. The highest BCUT2D eigenvalue weighted by atomic mass is 16.2. The molecule has 5 heteroatoms. The maximum atomic E-state index is 12.1. The van der Waals surface area contributed by atoms with Crippen LogP contribution in [0, 0.1) is 23.2 Å². The van der Waals surface area contributed by atoms with Crippen molar-refractivity contribution in [2.24, 2.45) is 17.6 Å². The van der Waals surface area contributed by atoms with E-state index in [1.807, 2.05) is 13.8 Å². The lowest BCUT2D eigenvalue weighted by molar-refractivity contribution is -0.124. The molecular formula is C14H26N4O. The third kappa shape index (κ3) is 3.92. The molecule has 0 aromatic rings. The number of nitrogens with two attached hydrogens (primary N) is 1. The number of nitriles is 1. The van der Waals surface area contributed by atoms with Crippen LogP contribution in [0.4, 0.5) is 0 Å². The van der Waals surface area contributed by atoms with Crippen molar-refractivity contribution in [1.29, 1.82) is 5.26 Å². The van der Waals surface area contributed by atoms with Gasteiger partial charge in [-0.15, -0.1) is 0 Å². The Hall–Kier alpha value is -1.12. The summed E-state index contributed by atoms with van der Waals surface area (Å²) < 4.78 is 0. The van der Waals surface area contributed by atoms with Crippen LogP contribution in [-0.2, 0) is 4.79 Å². The lowest BCUT2D eigenvalue weighted by Gasteiger charge is -2.29. The Morgan fingerprint density at radius 3 is 2.68 bits per heavy atom. The molecule has 108 valence electrons. The van der Waals surface area contributed by atoms with Crippen molar-refractivity contribution < 1.29 is 4.79 Å². The van der Waals surface area contributed by atoms with Crippen LogP contribution in [0.3, 0.4) is 0 Å². The zero-order valence-corrected chi connectivity index (χ0v) is 12.4. The molecule has 3 atom stereocenters. The minimum Gasteiger partial charge on any atom is -0.337 e. The Morgan fingerprint density at radius 2 is 2.26 bits per heavy atom. The zero-order chi connectivity index (χ0) is 14.6. The first-order chi connectivity index (χ1) is 8.82. The monoisotopic (exact) mass is 266 g/mol. The molecule has 0 saturated carbocycles. The summed E-state index contributed by atoms with van der Waals surface area (Å²) in [6, 6.07) is 2.58. The molecule has 0 aromatic carbocycles. The van der Waals surface area contributed by atoms with Crippen molar-refractivity contribution in [1.82, 2.24) is 10.2 Å². The van der Waals surface area contributed by atoms with Gasteiger partial charge in [-0.2, -0.15) is 5.26 Å². The third-order valence-electron chi connectivity index (χ3n) is 4.26. The van der Waals surface area contributed by atoms with Crippen LogP contribution in [0.2, 0.25) is 0 Å². The lowest BCUT2D eigenvalue weighted by Crippen LogP contribution is -2.52. The van der Waals surface area contributed by atoms with Gasteiger partial charge >= 0.3 is 0 Å². The topological polar surface area (TPSA) is 82.2 Å². The predicted octanol–water partition coefficient (Wildman–Crippen LogP) is 0.710. The van der Waals surface area contributed by atoms with E-state index >= 15 is 0 Å². The van der Waals surface area contributed by atoms with E-state index in [9.17, 15) is 10.1 Å². The van der Waals surface area contributed by atoms with E-state index < -0.39 is 5.54 Å². The maximum absolute atomic E-state index is 12.1. The first-order valence-corrected chi connectivity index (χ1v) is 6.98. The van der Waals surface area contributed by atoms with Crippen LogP contribution >= 0.6 is 0 Å². The number of carbonyl (C=O) groups excluding carboxylic acids is 1. The predicted molar refractivity (Wildman–Crippen MR) is 75.2 cm³/mol. The largest absolute Gasteiger partial charge is 0.337 e. The van der Waals surface area contributed by atoms with Crippen LogP contribution in [0.25, 0.3) is 0 Å². The number of hydrogen-bond acceptors (Lipinski definition) is 4. The summed E-state index contributed by atoms with van der Waals surface area (Å²) >= 11 is 0. The van der Waals surface area contributed by atoms with Gasteiger partial charge in [0.05, 0.1) is 12.6 Å². The fourth-order valence-electron chi connectivity index (χ4n) is 2.42. The summed E-state index contributed by atoms with van der Waals surface area (Å²) in [5.41, 5.74) is 4.88. The molecule has 19 heavy (non-hydrogen) atoms. The molecule has 0 spiro atoms. The van der Waals surface area contributed by atoms with Crippen LogP contribution < -0.4 is 11.1 Å². The average Bonchev–Trinajstić information content (AvgIpc) is 2.69. The lowest BCUT2D eigenvalue weighted by atomic mass is 9.90. The summed E-state index contributed by atoms with van der Waals surface area (Å²) in [6.45, 7) is 9.65. The Labute approximate surface area is 116 Å². The molecule has 1 aliphatic heterocycles. The first kappa shape index (κ1) is 15.9. The second-order valence-electron chi connectivity index (χ2n) is 6.13. The molecule has 3 unspecified atom stereocenters. The summed E-state index contributed by atoms with van der Waals surface area (Å²) in [6.07, 6.45) is 1.05. The van der Waals surface area contributed by atoms with Crippen LogP contribution in [0.5, 0.6) is 0 Å². The van der Waals surface area contributed by atoms with Gasteiger partial charge in [0.2, 0.25) is 5.91 Å². The van der Waals surface area contributed by atoms with E-state index in [4.69, 9.17) is 5.73 Å². The molecule has 0 radical (unpaired) electrons. The molecule has 5 nitrogen and oxygen atoms in total. The number of nitrogens with one attached hydrogen (secondary N) is 1. The van der Waals surface area contributed by atoms with E-state index in [1.165, 1.54) is 0 Å². The zero-order valence-electron chi connectivity index (χ0n) is 12.4. The molecule has 3 N–H and O–H groups in total. The van der Waals surface area contributed by atoms with E-state index in [0.29, 0.717) is 25.0 Å². The van der Waals surface area contributed by atoms with Gasteiger partial charge < -0.3 is 11.1 Å². The Bertz CT molecular complexity index is 363. The molecule has 0 aliphatic carbocycles. The van der Waals surface area contributed by atoms with Crippen molar-refractivity contribution >= 4 is 5.91 Å². The highest BCUT2D eigenvalue weighted by molar-refractivity contribution is 5.79. The molecule has 1 fully saturated rings. The van der Waals surface area contributed by atoms with Gasteiger partial charge in [0.1, 0.15) is 5.54 Å². The number of nitrogens with zero attached hydrogens (tertiary/aromatic N) is 2. The second kappa shape index (κ2) is 6.36. The molecule has 0 bridgehead atoms. The number of carbonyl (C=O) groups is 1.